The van der Waals surface area contributed by atoms with E-state index < -0.39 is 24.2 Å². The molecule has 1 fully saturated rings. The highest BCUT2D eigenvalue weighted by Gasteiger charge is 2.52. The van der Waals surface area contributed by atoms with E-state index in [1.807, 2.05) is 33.8 Å². The Bertz CT molecular complexity index is 675. The number of benzene rings is 1. The molecule has 1 saturated heterocycles. The third kappa shape index (κ3) is 4.03. The minimum atomic E-state index is -0.529. The highest BCUT2D eigenvalue weighted by molar-refractivity contribution is 7.80. The number of nitrogen functional groups attached to an aromatic ring is 1. The molecule has 8 heteroatoms. The largest absolute Gasteiger partial charge is 0.497 e. The maximum Gasteiger partial charge on any atom is 0.491 e. The molecule has 0 aliphatic carbocycles. The monoisotopic (exact) mass is 364 g/mol. The Balaban J connectivity index is 2.42. The van der Waals surface area contributed by atoms with E-state index in [1.54, 1.807) is 25.3 Å². The summed E-state index contributed by atoms with van der Waals surface area (Å²) in [6.45, 7) is 7.96. The molecule has 1 aromatic carbocycles. The van der Waals surface area contributed by atoms with Gasteiger partial charge in [-0.05, 0) is 50.9 Å². The number of hydrogen-bond donors (Lipinski definition) is 3. The van der Waals surface area contributed by atoms with Gasteiger partial charge in [-0.15, -0.1) is 0 Å². The van der Waals surface area contributed by atoms with E-state index in [1.165, 1.54) is 0 Å². The molecule has 1 aliphatic heterocycles. The Labute approximate surface area is 154 Å². The van der Waals surface area contributed by atoms with E-state index in [4.69, 9.17) is 19.9 Å². The van der Waals surface area contributed by atoms with Crippen molar-refractivity contribution < 1.29 is 18.8 Å². The van der Waals surface area contributed by atoms with Crippen LogP contribution in [0.15, 0.2) is 23.7 Å². The summed E-state index contributed by atoms with van der Waals surface area (Å²) >= 11 is 4.40. The second kappa shape index (κ2) is 7.41. The zero-order valence-electron chi connectivity index (χ0n) is 15.3. The van der Waals surface area contributed by atoms with E-state index >= 15 is 0 Å². The predicted molar refractivity (Wildman–Crippen MR) is 103 cm³/mol. The average Bonchev–Trinajstić information content (AvgIpc) is 2.79. The molecule has 1 aliphatic rings. The maximum atomic E-state index is 12.1. The normalized spacial score (nSPS) is 19.0. The van der Waals surface area contributed by atoms with Crippen molar-refractivity contribution in [2.24, 2.45) is 5.84 Å². The fraction of sp³-hybridized carbons (Fsp3) is 0.471. The van der Waals surface area contributed by atoms with Crippen molar-refractivity contribution in [3.63, 3.8) is 0 Å². The number of rotatable bonds is 5. The second-order valence-electron chi connectivity index (χ2n) is 6.89. The van der Waals surface area contributed by atoms with Crippen molar-refractivity contribution in [1.82, 2.24) is 5.43 Å². The number of thiol groups is 1. The first-order chi connectivity index (χ1) is 11.6. The Kier molecular flexibility index (Phi) is 5.88. The van der Waals surface area contributed by atoms with Crippen molar-refractivity contribution in [2.45, 2.75) is 38.9 Å². The van der Waals surface area contributed by atoms with Crippen LogP contribution < -0.4 is 16.0 Å². The quantitative estimate of drug-likeness (QED) is 0.245. The Morgan fingerprint density at radius 1 is 1.32 bits per heavy atom. The van der Waals surface area contributed by atoms with Gasteiger partial charge >= 0.3 is 7.12 Å². The van der Waals surface area contributed by atoms with Crippen LogP contribution in [0.2, 0.25) is 0 Å². The second-order valence-corrected chi connectivity index (χ2v) is 7.21. The van der Waals surface area contributed by atoms with Gasteiger partial charge in [0.1, 0.15) is 5.75 Å². The van der Waals surface area contributed by atoms with Gasteiger partial charge in [0.2, 0.25) is 0 Å². The number of methoxy groups -OCH3 is 1. The predicted octanol–water partition coefficient (Wildman–Crippen LogP) is 2.24. The molecule has 1 amide bonds. The molecule has 0 aromatic heterocycles. The molecule has 25 heavy (non-hydrogen) atoms. The van der Waals surface area contributed by atoms with E-state index in [2.05, 4.69) is 18.1 Å². The first kappa shape index (κ1) is 19.8. The molecule has 0 radical (unpaired) electrons. The first-order valence-electron chi connectivity index (χ1n) is 8.01. The highest BCUT2D eigenvalue weighted by Crippen LogP contribution is 2.39. The molecule has 1 aromatic rings. The van der Waals surface area contributed by atoms with E-state index in [0.29, 0.717) is 22.6 Å². The maximum absolute atomic E-state index is 12.1. The average molecular weight is 364 g/mol. The number of nitrogens with two attached hydrogens (primary N) is 1. The van der Waals surface area contributed by atoms with Gasteiger partial charge in [-0.25, -0.2) is 5.84 Å². The van der Waals surface area contributed by atoms with Crippen LogP contribution in [-0.4, -0.2) is 37.1 Å². The topological polar surface area (TPSA) is 82.8 Å². The van der Waals surface area contributed by atoms with E-state index in [9.17, 15) is 4.79 Å². The molecule has 0 spiro atoms. The summed E-state index contributed by atoms with van der Waals surface area (Å²) in [6, 6.07) is 5.20. The van der Waals surface area contributed by atoms with Crippen LogP contribution in [0.1, 0.15) is 43.6 Å². The van der Waals surface area contributed by atoms with Crippen LogP contribution in [0.4, 0.5) is 0 Å². The van der Waals surface area contributed by atoms with Crippen LogP contribution in [0.25, 0.3) is 6.08 Å². The summed E-state index contributed by atoms with van der Waals surface area (Å²) in [4.78, 5) is 12.1. The van der Waals surface area contributed by atoms with Crippen LogP contribution in [0.3, 0.4) is 0 Å². The van der Waals surface area contributed by atoms with Crippen molar-refractivity contribution in [2.75, 3.05) is 12.9 Å². The van der Waals surface area contributed by atoms with Crippen molar-refractivity contribution >= 4 is 31.7 Å². The molecule has 0 unspecified atom stereocenters. The lowest BCUT2D eigenvalue weighted by Crippen LogP contribution is -2.41. The fourth-order valence-corrected chi connectivity index (χ4v) is 2.69. The first-order valence-corrected chi connectivity index (χ1v) is 8.64. The van der Waals surface area contributed by atoms with Gasteiger partial charge in [0.05, 0.1) is 23.9 Å². The zero-order chi connectivity index (χ0) is 18.8. The summed E-state index contributed by atoms with van der Waals surface area (Å²) in [5, 5.41) is 0. The molecule has 1 heterocycles. The van der Waals surface area contributed by atoms with Gasteiger partial charge in [0, 0.05) is 5.75 Å². The Morgan fingerprint density at radius 2 is 1.92 bits per heavy atom. The van der Waals surface area contributed by atoms with Gasteiger partial charge in [0.15, 0.2) is 0 Å². The molecular weight excluding hydrogens is 339 g/mol. The van der Waals surface area contributed by atoms with Crippen molar-refractivity contribution in [1.29, 1.82) is 0 Å². The minimum absolute atomic E-state index is 0.401. The molecule has 2 rings (SSSR count). The Hall–Kier alpha value is -1.48. The number of amides is 1. The van der Waals surface area contributed by atoms with Gasteiger partial charge < -0.3 is 14.0 Å². The SMILES string of the molecule is COc1ccc(C=C(CS)B2OC(C)(C)C(C)(C)O2)c(C(=O)NN)c1. The number of carbonyl (C=O) groups is 1. The zero-order valence-corrected chi connectivity index (χ0v) is 16.1. The lowest BCUT2D eigenvalue weighted by molar-refractivity contribution is 0.00578. The summed E-state index contributed by atoms with van der Waals surface area (Å²) in [5.41, 5.74) is 3.16. The van der Waals surface area contributed by atoms with E-state index in [0.717, 1.165) is 5.47 Å². The summed E-state index contributed by atoms with van der Waals surface area (Å²) in [6.07, 6.45) is 1.85. The highest BCUT2D eigenvalue weighted by atomic mass is 32.1. The fourth-order valence-electron chi connectivity index (χ4n) is 2.45. The number of ether oxygens (including phenoxy) is 1. The van der Waals surface area contributed by atoms with Gasteiger partial charge in [0.25, 0.3) is 5.91 Å². The van der Waals surface area contributed by atoms with Gasteiger partial charge in [-0.1, -0.05) is 12.1 Å². The lowest BCUT2D eigenvalue weighted by atomic mass is 9.78. The van der Waals surface area contributed by atoms with Crippen molar-refractivity contribution in [3.05, 3.63) is 34.8 Å². The smallest absolute Gasteiger partial charge is 0.491 e. The molecule has 0 saturated carbocycles. The third-order valence-corrected chi connectivity index (χ3v) is 5.08. The molecule has 0 atom stereocenters. The molecule has 0 bridgehead atoms. The lowest BCUT2D eigenvalue weighted by Gasteiger charge is -2.32. The van der Waals surface area contributed by atoms with Crippen LogP contribution in [0, 0.1) is 0 Å². The van der Waals surface area contributed by atoms with E-state index in [-0.39, 0.29) is 0 Å². The number of carbonyl (C=O) groups excluding carboxylic acids is 1. The summed E-state index contributed by atoms with van der Waals surface area (Å²) < 4.78 is 17.3. The van der Waals surface area contributed by atoms with Crippen LogP contribution in [-0.2, 0) is 9.31 Å². The number of hydrazine groups is 1. The molecule has 3 N–H and O–H groups in total. The Morgan fingerprint density at radius 3 is 2.40 bits per heavy atom. The summed E-state index contributed by atoms with van der Waals surface area (Å²) in [5.74, 6) is 5.88. The number of nitrogens with one attached hydrogen (secondary N) is 1. The number of hydrogen-bond acceptors (Lipinski definition) is 6. The summed E-state index contributed by atoms with van der Waals surface area (Å²) in [7, 11) is 1.01. The molecule has 6 nitrogen and oxygen atoms in total. The third-order valence-electron chi connectivity index (χ3n) is 4.72. The van der Waals surface area contributed by atoms with Crippen molar-refractivity contribution in [3.8, 4) is 5.75 Å². The van der Waals surface area contributed by atoms with Crippen LogP contribution >= 0.6 is 12.6 Å². The molecule has 136 valence electrons. The standard InChI is InChI=1S/C17H25BN2O4S/c1-16(2)17(3,4)24-18(23-16)12(10-25)8-11-6-7-13(22-5)9-14(11)15(21)20-19/h6-9,25H,10,19H2,1-5H3,(H,20,21). The molecular formula is C17H25BN2O4S. The van der Waals surface area contributed by atoms with Gasteiger partial charge in [-0.2, -0.15) is 12.6 Å². The van der Waals surface area contributed by atoms with Crippen LogP contribution in [0.5, 0.6) is 5.75 Å². The minimum Gasteiger partial charge on any atom is -0.497 e. The van der Waals surface area contributed by atoms with Gasteiger partial charge in [-0.3, -0.25) is 10.2 Å².